The third kappa shape index (κ3) is 4.67. The summed E-state index contributed by atoms with van der Waals surface area (Å²) in [7, 11) is 0. The van der Waals surface area contributed by atoms with Crippen LogP contribution in [0.3, 0.4) is 0 Å². The molecule has 0 atom stereocenters. The molecule has 0 spiro atoms. The molecule has 8 nitrogen and oxygen atoms in total. The molecular formula is C20H28N6O2S. The van der Waals surface area contributed by atoms with Gasteiger partial charge in [0.2, 0.25) is 0 Å². The number of ether oxygens (including phenoxy) is 1. The number of carbonyl (C=O) groups is 1. The summed E-state index contributed by atoms with van der Waals surface area (Å²) < 4.78 is 10.3. The first kappa shape index (κ1) is 20.0. The summed E-state index contributed by atoms with van der Waals surface area (Å²) in [5.74, 6) is 0.910. The highest BCUT2D eigenvalue weighted by Gasteiger charge is 2.30. The first-order valence-corrected chi connectivity index (χ1v) is 10.5. The standard InChI is InChI=1S/C20H28N6O2S/c1-20(2,3)28-19(27)24-12-10-23(11-13-24)14-25-18(29)26(16-4-5-16)17(22-25)15-6-8-21-9-7-15/h6-9,16H,4-5,10-14H2,1-3H3. The smallest absolute Gasteiger partial charge is 0.410 e. The fourth-order valence-corrected chi connectivity index (χ4v) is 3.79. The second-order valence-corrected chi connectivity index (χ2v) is 9.03. The van der Waals surface area contributed by atoms with Crippen LogP contribution in [0.1, 0.15) is 39.7 Å². The van der Waals surface area contributed by atoms with Crippen LogP contribution in [0.25, 0.3) is 11.4 Å². The van der Waals surface area contributed by atoms with Gasteiger partial charge in [0.25, 0.3) is 0 Å². The van der Waals surface area contributed by atoms with Gasteiger partial charge in [0.05, 0.1) is 6.67 Å². The van der Waals surface area contributed by atoms with E-state index in [0.717, 1.165) is 42.1 Å². The predicted octanol–water partition coefficient (Wildman–Crippen LogP) is 3.32. The summed E-state index contributed by atoms with van der Waals surface area (Å²) in [4.78, 5) is 20.4. The van der Waals surface area contributed by atoms with E-state index in [9.17, 15) is 4.79 Å². The molecule has 156 valence electrons. The van der Waals surface area contributed by atoms with E-state index in [1.54, 1.807) is 17.3 Å². The zero-order valence-corrected chi connectivity index (χ0v) is 18.1. The van der Waals surface area contributed by atoms with Crippen molar-refractivity contribution in [3.05, 3.63) is 29.3 Å². The minimum absolute atomic E-state index is 0.244. The Hall–Kier alpha value is -2.26. The first-order chi connectivity index (χ1) is 13.8. The van der Waals surface area contributed by atoms with E-state index in [0.29, 0.717) is 25.8 Å². The molecule has 1 saturated carbocycles. The van der Waals surface area contributed by atoms with Crippen molar-refractivity contribution in [2.24, 2.45) is 0 Å². The lowest BCUT2D eigenvalue weighted by molar-refractivity contribution is 0.0113. The highest BCUT2D eigenvalue weighted by atomic mass is 32.1. The average molecular weight is 417 g/mol. The number of aromatic nitrogens is 4. The van der Waals surface area contributed by atoms with Crippen molar-refractivity contribution >= 4 is 18.3 Å². The maximum Gasteiger partial charge on any atom is 0.410 e. The number of hydrogen-bond acceptors (Lipinski definition) is 6. The van der Waals surface area contributed by atoms with Crippen LogP contribution in [-0.4, -0.2) is 67.0 Å². The number of amides is 1. The monoisotopic (exact) mass is 416 g/mol. The minimum atomic E-state index is -0.472. The van der Waals surface area contributed by atoms with Gasteiger partial charge in [0, 0.05) is 50.2 Å². The van der Waals surface area contributed by atoms with Crippen LogP contribution in [0.5, 0.6) is 0 Å². The van der Waals surface area contributed by atoms with Crippen molar-refractivity contribution in [1.82, 2.24) is 29.1 Å². The fraction of sp³-hybridized carbons (Fsp3) is 0.600. The van der Waals surface area contributed by atoms with Crippen LogP contribution in [0, 0.1) is 4.77 Å². The highest BCUT2D eigenvalue weighted by molar-refractivity contribution is 7.71. The molecule has 0 aromatic carbocycles. The molecule has 4 rings (SSSR count). The Balaban J connectivity index is 1.45. The molecule has 29 heavy (non-hydrogen) atoms. The van der Waals surface area contributed by atoms with Gasteiger partial charge in [-0.1, -0.05) is 0 Å². The van der Waals surface area contributed by atoms with Gasteiger partial charge in [-0.3, -0.25) is 14.5 Å². The normalized spacial score (nSPS) is 18.1. The van der Waals surface area contributed by atoms with Crippen LogP contribution >= 0.6 is 12.2 Å². The van der Waals surface area contributed by atoms with Crippen molar-refractivity contribution in [2.45, 2.75) is 51.9 Å². The molecule has 2 aliphatic rings. The van der Waals surface area contributed by atoms with Gasteiger partial charge in [-0.25, -0.2) is 9.48 Å². The van der Waals surface area contributed by atoms with Gasteiger partial charge < -0.3 is 9.64 Å². The third-order valence-electron chi connectivity index (χ3n) is 5.08. The van der Waals surface area contributed by atoms with E-state index in [2.05, 4.69) is 14.5 Å². The van der Waals surface area contributed by atoms with Crippen LogP contribution in [-0.2, 0) is 11.4 Å². The summed E-state index contributed by atoms with van der Waals surface area (Å²) in [6.45, 7) is 9.10. The molecule has 0 bridgehead atoms. The Bertz CT molecular complexity index is 921. The maximum absolute atomic E-state index is 12.3. The largest absolute Gasteiger partial charge is 0.444 e. The summed E-state index contributed by atoms with van der Waals surface area (Å²) in [5, 5.41) is 4.84. The van der Waals surface area contributed by atoms with Crippen molar-refractivity contribution in [3.63, 3.8) is 0 Å². The summed E-state index contributed by atoms with van der Waals surface area (Å²) in [5.41, 5.74) is 0.562. The zero-order chi connectivity index (χ0) is 20.6. The quantitative estimate of drug-likeness (QED) is 0.712. The fourth-order valence-electron chi connectivity index (χ4n) is 3.46. The summed E-state index contributed by atoms with van der Waals surface area (Å²) >= 11 is 5.76. The first-order valence-electron chi connectivity index (χ1n) is 10.1. The highest BCUT2D eigenvalue weighted by Crippen LogP contribution is 2.38. The van der Waals surface area contributed by atoms with Crippen LogP contribution < -0.4 is 0 Å². The van der Waals surface area contributed by atoms with Crippen molar-refractivity contribution in [3.8, 4) is 11.4 Å². The Morgan fingerprint density at radius 1 is 1.17 bits per heavy atom. The number of pyridine rings is 1. The Kier molecular flexibility index (Phi) is 5.44. The number of carbonyl (C=O) groups excluding carboxylic acids is 1. The van der Waals surface area contributed by atoms with E-state index in [1.165, 1.54) is 0 Å². The molecule has 0 N–H and O–H groups in total. The number of piperazine rings is 1. The Labute approximate surface area is 176 Å². The van der Waals surface area contributed by atoms with Gasteiger partial charge in [-0.05, 0) is 58.0 Å². The van der Waals surface area contributed by atoms with Gasteiger partial charge in [0.15, 0.2) is 10.6 Å². The second kappa shape index (κ2) is 7.87. The van der Waals surface area contributed by atoms with Crippen LogP contribution in [0.2, 0.25) is 0 Å². The lowest BCUT2D eigenvalue weighted by Gasteiger charge is -2.35. The molecule has 1 aliphatic carbocycles. The molecular weight excluding hydrogens is 388 g/mol. The van der Waals surface area contributed by atoms with Crippen molar-refractivity contribution < 1.29 is 9.53 Å². The minimum Gasteiger partial charge on any atom is -0.444 e. The van der Waals surface area contributed by atoms with Crippen molar-refractivity contribution in [1.29, 1.82) is 0 Å². The number of rotatable bonds is 4. The molecule has 0 unspecified atom stereocenters. The molecule has 2 aromatic rings. The lowest BCUT2D eigenvalue weighted by atomic mass is 10.2. The van der Waals surface area contributed by atoms with Gasteiger partial charge in [-0.15, -0.1) is 0 Å². The number of nitrogens with zero attached hydrogens (tertiary/aromatic N) is 6. The number of hydrogen-bond donors (Lipinski definition) is 0. The summed E-state index contributed by atoms with van der Waals surface area (Å²) in [6, 6.07) is 4.39. The zero-order valence-electron chi connectivity index (χ0n) is 17.2. The van der Waals surface area contributed by atoms with E-state index in [1.807, 2.05) is 37.6 Å². The molecule has 1 saturated heterocycles. The Morgan fingerprint density at radius 3 is 2.41 bits per heavy atom. The molecule has 0 radical (unpaired) electrons. The van der Waals surface area contributed by atoms with E-state index < -0.39 is 5.60 Å². The maximum atomic E-state index is 12.3. The van der Waals surface area contributed by atoms with Crippen molar-refractivity contribution in [2.75, 3.05) is 26.2 Å². The van der Waals surface area contributed by atoms with Gasteiger partial charge in [0.1, 0.15) is 5.60 Å². The predicted molar refractivity (Wildman–Crippen MR) is 112 cm³/mol. The SMILES string of the molecule is CC(C)(C)OC(=O)N1CCN(Cn2nc(-c3ccncc3)n(C3CC3)c2=S)CC1. The van der Waals surface area contributed by atoms with E-state index >= 15 is 0 Å². The average Bonchev–Trinajstić information content (AvgIpc) is 3.46. The second-order valence-electron chi connectivity index (χ2n) is 8.67. The lowest BCUT2D eigenvalue weighted by Crippen LogP contribution is -2.50. The third-order valence-corrected chi connectivity index (χ3v) is 5.49. The van der Waals surface area contributed by atoms with E-state index in [4.69, 9.17) is 22.1 Å². The Morgan fingerprint density at radius 2 is 1.83 bits per heavy atom. The molecule has 1 amide bonds. The van der Waals surface area contributed by atoms with Gasteiger partial charge in [-0.2, -0.15) is 5.10 Å². The van der Waals surface area contributed by atoms with Gasteiger partial charge >= 0.3 is 6.09 Å². The molecule has 9 heteroatoms. The van der Waals surface area contributed by atoms with Crippen LogP contribution in [0.15, 0.2) is 24.5 Å². The molecule has 2 fully saturated rings. The van der Waals surface area contributed by atoms with Crippen LogP contribution in [0.4, 0.5) is 4.79 Å². The molecule has 1 aliphatic heterocycles. The molecule has 2 aromatic heterocycles. The topological polar surface area (TPSA) is 68.4 Å². The van der Waals surface area contributed by atoms with E-state index in [-0.39, 0.29) is 6.09 Å². The summed E-state index contributed by atoms with van der Waals surface area (Å²) in [6.07, 6.45) is 5.61. The molecule has 3 heterocycles.